The summed E-state index contributed by atoms with van der Waals surface area (Å²) in [6.45, 7) is 46.0. The van der Waals surface area contributed by atoms with E-state index < -0.39 is 0 Å². The van der Waals surface area contributed by atoms with E-state index >= 15 is 0 Å². The van der Waals surface area contributed by atoms with Crippen LogP contribution in [0, 0.1) is 84.0 Å². The van der Waals surface area contributed by atoms with Crippen molar-refractivity contribution < 1.29 is 0 Å². The molecule has 0 bridgehead atoms. The molecule has 1 fully saturated rings. The maximum Gasteiger partial charge on any atom is -0.0391 e. The summed E-state index contributed by atoms with van der Waals surface area (Å²) in [5.41, 5.74) is 9.50. The zero-order valence-electron chi connectivity index (χ0n) is 40.0. The van der Waals surface area contributed by atoms with Crippen molar-refractivity contribution in [2.24, 2.45) is 35.5 Å². The molecular formula is C53H96. The van der Waals surface area contributed by atoms with Crippen molar-refractivity contribution >= 4 is 0 Å². The first-order chi connectivity index (χ1) is 24.7. The highest BCUT2D eigenvalue weighted by Crippen LogP contribution is 2.29. The third-order valence-corrected chi connectivity index (χ3v) is 9.50. The second-order valence-electron chi connectivity index (χ2n) is 17.3. The smallest absolute Gasteiger partial charge is 0.0391 e. The molecule has 0 heteroatoms. The summed E-state index contributed by atoms with van der Waals surface area (Å²) in [6.07, 6.45) is 11.3. The SMILES string of the molecule is CC(C)C.CC(C)C1CCCCC1.CCC.CCC(C)C.CCC(C)C(C)C.Cc1ccc(C)c(C)c1.Cc1ccc(C)cc1.Cc1ccccc1C. The highest BCUT2D eigenvalue weighted by atomic mass is 14.2. The Kier molecular flexibility index (Phi) is 41.1. The molecule has 1 saturated carbocycles. The van der Waals surface area contributed by atoms with Crippen LogP contribution < -0.4 is 0 Å². The van der Waals surface area contributed by atoms with Crippen LogP contribution in [0.25, 0.3) is 0 Å². The molecular weight excluding hydrogens is 637 g/mol. The fourth-order valence-electron chi connectivity index (χ4n) is 4.46. The van der Waals surface area contributed by atoms with Gasteiger partial charge in [0.15, 0.2) is 0 Å². The Balaban J connectivity index is -0.000000265. The lowest BCUT2D eigenvalue weighted by molar-refractivity contribution is 0.279. The molecule has 1 aliphatic carbocycles. The molecule has 0 radical (unpaired) electrons. The van der Waals surface area contributed by atoms with Crippen LogP contribution >= 0.6 is 0 Å². The summed E-state index contributed by atoms with van der Waals surface area (Å²) in [7, 11) is 0. The van der Waals surface area contributed by atoms with E-state index in [0.29, 0.717) is 0 Å². The molecule has 53 heavy (non-hydrogen) atoms. The van der Waals surface area contributed by atoms with Crippen molar-refractivity contribution in [3.8, 4) is 0 Å². The van der Waals surface area contributed by atoms with Crippen LogP contribution in [0.3, 0.4) is 0 Å². The molecule has 0 heterocycles. The van der Waals surface area contributed by atoms with E-state index in [0.717, 1.165) is 35.5 Å². The van der Waals surface area contributed by atoms with Gasteiger partial charge >= 0.3 is 0 Å². The molecule has 0 nitrogen and oxygen atoms in total. The van der Waals surface area contributed by atoms with Crippen LogP contribution in [0.2, 0.25) is 0 Å². The minimum Gasteiger partial charge on any atom is -0.0656 e. The van der Waals surface area contributed by atoms with Crippen molar-refractivity contribution in [3.63, 3.8) is 0 Å². The number of hydrogen-bond donors (Lipinski definition) is 0. The van der Waals surface area contributed by atoms with Crippen LogP contribution in [0.5, 0.6) is 0 Å². The Morgan fingerprint density at radius 1 is 0.472 bits per heavy atom. The van der Waals surface area contributed by atoms with Gasteiger partial charge in [-0.05, 0) is 106 Å². The number of benzene rings is 3. The summed E-state index contributed by atoms with van der Waals surface area (Å²) in [6, 6.07) is 23.3. The van der Waals surface area contributed by atoms with Crippen LogP contribution in [-0.4, -0.2) is 0 Å². The van der Waals surface area contributed by atoms with E-state index in [1.807, 2.05) is 0 Å². The highest BCUT2D eigenvalue weighted by molar-refractivity contribution is 5.28. The summed E-state index contributed by atoms with van der Waals surface area (Å²) in [5, 5.41) is 0. The van der Waals surface area contributed by atoms with Gasteiger partial charge in [-0.15, -0.1) is 0 Å². The van der Waals surface area contributed by atoms with E-state index in [-0.39, 0.29) is 0 Å². The standard InChI is InChI=1S/C9H12.C9H18.2C8H10.C7H16.C5H12.C4H10.C3H8/c1-7-4-5-8(2)9(3)6-7;1-8(2)9-6-4-3-5-7-9;1-7-3-5-8(2)6-4-7;1-7-5-3-4-6-8(7)2;1-5-7(4)6(2)3;1-4-5(2)3;1-4(2)3;1-3-2/h4-6H,1-3H3;8-9H,3-7H2,1-2H3;2*3-6H,1-2H3;6-7H,5H2,1-4H3;5H,4H2,1-3H3;4H,1-3H3;3H2,1-2H3. The lowest BCUT2D eigenvalue weighted by Gasteiger charge is -2.24. The molecule has 1 aliphatic rings. The molecule has 1 atom stereocenters. The summed E-state index contributed by atoms with van der Waals surface area (Å²) in [5.74, 6) is 5.48. The highest BCUT2D eigenvalue weighted by Gasteiger charge is 2.15. The lowest BCUT2D eigenvalue weighted by atomic mass is 9.82. The van der Waals surface area contributed by atoms with Gasteiger partial charge in [0.25, 0.3) is 0 Å². The van der Waals surface area contributed by atoms with Gasteiger partial charge < -0.3 is 0 Å². The first-order valence-electron chi connectivity index (χ1n) is 21.8. The third kappa shape index (κ3) is 42.3. The van der Waals surface area contributed by atoms with Gasteiger partial charge in [0.1, 0.15) is 0 Å². The van der Waals surface area contributed by atoms with Crippen molar-refractivity contribution in [1.29, 1.82) is 0 Å². The van der Waals surface area contributed by atoms with Crippen LogP contribution in [0.1, 0.15) is 187 Å². The Morgan fingerprint density at radius 2 is 0.811 bits per heavy atom. The van der Waals surface area contributed by atoms with Gasteiger partial charge in [-0.3, -0.25) is 0 Å². The fraction of sp³-hybridized carbons (Fsp3) is 0.660. The largest absolute Gasteiger partial charge is 0.0656 e. The fourth-order valence-corrected chi connectivity index (χ4v) is 4.46. The lowest BCUT2D eigenvalue weighted by Crippen LogP contribution is -2.12. The van der Waals surface area contributed by atoms with E-state index in [1.54, 1.807) is 0 Å². The Morgan fingerprint density at radius 3 is 1.02 bits per heavy atom. The van der Waals surface area contributed by atoms with E-state index in [9.17, 15) is 0 Å². The molecule has 308 valence electrons. The number of rotatable bonds is 4. The molecule has 0 aromatic heterocycles. The quantitative estimate of drug-likeness (QED) is 0.251. The second kappa shape index (κ2) is 38.0. The molecule has 0 aliphatic heterocycles. The van der Waals surface area contributed by atoms with Gasteiger partial charge in [-0.25, -0.2) is 0 Å². The zero-order valence-corrected chi connectivity index (χ0v) is 40.0. The third-order valence-electron chi connectivity index (χ3n) is 9.50. The topological polar surface area (TPSA) is 0 Å². The average molecular weight is 733 g/mol. The summed E-state index contributed by atoms with van der Waals surface area (Å²) < 4.78 is 0. The number of hydrogen-bond acceptors (Lipinski definition) is 0. The van der Waals surface area contributed by atoms with Gasteiger partial charge in [-0.2, -0.15) is 0 Å². The molecule has 0 N–H and O–H groups in total. The van der Waals surface area contributed by atoms with Crippen LogP contribution in [-0.2, 0) is 0 Å². The molecule has 0 saturated heterocycles. The molecule has 0 spiro atoms. The van der Waals surface area contributed by atoms with Crippen molar-refractivity contribution in [3.05, 3.63) is 106 Å². The monoisotopic (exact) mass is 733 g/mol. The van der Waals surface area contributed by atoms with Gasteiger partial charge in [0.2, 0.25) is 0 Å². The molecule has 3 aromatic carbocycles. The maximum absolute atomic E-state index is 2.36. The van der Waals surface area contributed by atoms with Crippen molar-refractivity contribution in [1.82, 2.24) is 0 Å². The Bertz CT molecular complexity index is 1110. The van der Waals surface area contributed by atoms with E-state index in [2.05, 4.69) is 212 Å². The minimum atomic E-state index is 0.833. The van der Waals surface area contributed by atoms with Gasteiger partial charge in [0.05, 0.1) is 0 Å². The molecule has 0 amide bonds. The Hall–Kier alpha value is -2.34. The van der Waals surface area contributed by atoms with Gasteiger partial charge in [-0.1, -0.05) is 232 Å². The summed E-state index contributed by atoms with van der Waals surface area (Å²) >= 11 is 0. The molecule has 1 unspecified atom stereocenters. The predicted molar refractivity (Wildman–Crippen MR) is 250 cm³/mol. The normalized spacial score (nSPS) is 12.2. The average Bonchev–Trinajstić information content (AvgIpc) is 3.10. The Labute approximate surface area is 336 Å². The van der Waals surface area contributed by atoms with Gasteiger partial charge in [0, 0.05) is 0 Å². The summed E-state index contributed by atoms with van der Waals surface area (Å²) in [4.78, 5) is 0. The van der Waals surface area contributed by atoms with E-state index in [4.69, 9.17) is 0 Å². The van der Waals surface area contributed by atoms with Crippen molar-refractivity contribution in [2.75, 3.05) is 0 Å². The van der Waals surface area contributed by atoms with Crippen LogP contribution in [0.15, 0.2) is 66.7 Å². The minimum absolute atomic E-state index is 0.833. The first kappa shape index (κ1) is 57.4. The second-order valence-corrected chi connectivity index (χ2v) is 17.3. The maximum atomic E-state index is 2.36. The predicted octanol–water partition coefficient (Wildman–Crippen LogP) is 18.3. The molecule has 3 aromatic rings. The van der Waals surface area contributed by atoms with Crippen molar-refractivity contribution in [2.45, 2.75) is 197 Å². The number of aryl methyl sites for hydroxylation is 7. The zero-order chi connectivity index (χ0) is 41.9. The first-order valence-corrected chi connectivity index (χ1v) is 21.8. The van der Waals surface area contributed by atoms with Crippen LogP contribution in [0.4, 0.5) is 0 Å². The van der Waals surface area contributed by atoms with E-state index in [1.165, 1.54) is 90.3 Å². The molecule has 4 rings (SSSR count).